The van der Waals surface area contributed by atoms with E-state index in [-0.39, 0.29) is 5.91 Å². The van der Waals surface area contributed by atoms with Crippen LogP contribution in [0.1, 0.15) is 40.4 Å². The highest BCUT2D eigenvalue weighted by Crippen LogP contribution is 2.32. The van der Waals surface area contributed by atoms with E-state index in [0.29, 0.717) is 11.3 Å². The largest absolute Gasteiger partial charge is 0.355 e. The van der Waals surface area contributed by atoms with Crippen LogP contribution in [-0.2, 0) is 28.0 Å². The molecular weight excluding hydrogens is 396 g/mol. The van der Waals surface area contributed by atoms with E-state index < -0.39 is 29.9 Å². The fourth-order valence-electron chi connectivity index (χ4n) is 4.11. The maximum atomic E-state index is 13.1. The first kappa shape index (κ1) is 20.6. The van der Waals surface area contributed by atoms with Crippen molar-refractivity contribution in [3.63, 3.8) is 0 Å². The number of rotatable bonds is 5. The lowest BCUT2D eigenvalue weighted by Crippen LogP contribution is -2.42. The van der Waals surface area contributed by atoms with Crippen molar-refractivity contribution in [1.29, 1.82) is 0 Å². The topological polar surface area (TPSA) is 108 Å². The third-order valence-corrected chi connectivity index (χ3v) is 5.91. The van der Waals surface area contributed by atoms with Gasteiger partial charge in [-0.05, 0) is 67.1 Å². The van der Waals surface area contributed by atoms with E-state index in [0.717, 1.165) is 29.7 Å². The number of imide groups is 1. The molecule has 1 fully saturated rings. The maximum absolute atomic E-state index is 13.1. The number of aryl methyl sites for hydroxylation is 2. The van der Waals surface area contributed by atoms with E-state index in [1.54, 1.807) is 31.2 Å². The average molecular weight is 420 g/mol. The quantitative estimate of drug-likeness (QED) is 0.643. The van der Waals surface area contributed by atoms with Crippen LogP contribution in [0.15, 0.2) is 42.5 Å². The minimum absolute atomic E-state index is 0.233. The summed E-state index contributed by atoms with van der Waals surface area (Å²) in [5.74, 6) is -1.20. The number of anilines is 1. The number of carbonyl (C=O) groups is 4. The first-order chi connectivity index (χ1) is 14.8. The van der Waals surface area contributed by atoms with Crippen LogP contribution in [0.25, 0.3) is 0 Å². The molecule has 4 rings (SSSR count). The minimum atomic E-state index is -1.20. The van der Waals surface area contributed by atoms with Crippen molar-refractivity contribution in [2.24, 2.45) is 0 Å². The summed E-state index contributed by atoms with van der Waals surface area (Å²) in [6, 6.07) is 11.6. The number of nitrogens with one attached hydrogen (secondary N) is 3. The molecule has 2 aliphatic rings. The molecule has 1 aliphatic heterocycles. The molecule has 0 bridgehead atoms. The summed E-state index contributed by atoms with van der Waals surface area (Å²) in [5.41, 5.74) is 2.93. The van der Waals surface area contributed by atoms with E-state index in [2.05, 4.69) is 16.0 Å². The highest BCUT2D eigenvalue weighted by atomic mass is 16.2. The summed E-state index contributed by atoms with van der Waals surface area (Å²) in [4.78, 5) is 50.6. The zero-order valence-electron chi connectivity index (χ0n) is 17.5. The number of carbonyl (C=O) groups excluding carboxylic acids is 4. The number of amides is 5. The lowest BCUT2D eigenvalue weighted by Gasteiger charge is -2.23. The molecule has 0 spiro atoms. The van der Waals surface area contributed by atoms with E-state index in [1.165, 1.54) is 18.2 Å². The molecule has 1 atom stereocenters. The molecule has 2 aromatic carbocycles. The molecule has 8 heteroatoms. The molecule has 5 amide bonds. The Labute approximate surface area is 180 Å². The van der Waals surface area contributed by atoms with Gasteiger partial charge in [-0.15, -0.1) is 0 Å². The number of urea groups is 1. The van der Waals surface area contributed by atoms with Gasteiger partial charge in [0.15, 0.2) is 0 Å². The van der Waals surface area contributed by atoms with Crippen molar-refractivity contribution in [3.05, 3.63) is 64.7 Å². The van der Waals surface area contributed by atoms with Crippen LogP contribution in [0.5, 0.6) is 0 Å². The fourth-order valence-corrected chi connectivity index (χ4v) is 4.11. The first-order valence-electron chi connectivity index (χ1n) is 10.2. The Kier molecular flexibility index (Phi) is 5.22. The van der Waals surface area contributed by atoms with Crippen LogP contribution < -0.4 is 16.0 Å². The summed E-state index contributed by atoms with van der Waals surface area (Å²) < 4.78 is 0. The van der Waals surface area contributed by atoms with Crippen LogP contribution in [0.3, 0.4) is 0 Å². The van der Waals surface area contributed by atoms with Crippen molar-refractivity contribution in [3.8, 4) is 0 Å². The second-order valence-corrected chi connectivity index (χ2v) is 7.99. The molecule has 1 heterocycles. The van der Waals surface area contributed by atoms with Crippen molar-refractivity contribution in [2.75, 3.05) is 18.9 Å². The van der Waals surface area contributed by atoms with Gasteiger partial charge in [0.2, 0.25) is 5.91 Å². The molecule has 1 saturated heterocycles. The fraction of sp³-hybridized carbons (Fsp3) is 0.304. The summed E-state index contributed by atoms with van der Waals surface area (Å²) in [6.45, 7) is 1.27. The summed E-state index contributed by atoms with van der Waals surface area (Å²) in [6.07, 6.45) is 3.08. The number of nitrogens with zero attached hydrogens (tertiary/aromatic N) is 1. The van der Waals surface area contributed by atoms with E-state index in [9.17, 15) is 19.2 Å². The summed E-state index contributed by atoms with van der Waals surface area (Å²) in [5, 5.41) is 7.92. The molecular formula is C23H24N4O4. The minimum Gasteiger partial charge on any atom is -0.355 e. The summed E-state index contributed by atoms with van der Waals surface area (Å²) in [7, 11) is 1.53. The molecule has 0 saturated carbocycles. The van der Waals surface area contributed by atoms with Gasteiger partial charge in [-0.25, -0.2) is 4.79 Å². The monoisotopic (exact) mass is 420 g/mol. The SMILES string of the molecule is CNC(=O)c1ccc(NC(=O)CN2C(=O)NC(C)(c3ccc4c(c3)CCC4)C2=O)cc1. The highest BCUT2D eigenvalue weighted by molar-refractivity contribution is 6.10. The van der Waals surface area contributed by atoms with E-state index >= 15 is 0 Å². The third-order valence-electron chi connectivity index (χ3n) is 5.91. The molecule has 0 radical (unpaired) electrons. The molecule has 160 valence electrons. The number of hydrogen-bond acceptors (Lipinski definition) is 4. The van der Waals surface area contributed by atoms with Gasteiger partial charge < -0.3 is 16.0 Å². The summed E-state index contributed by atoms with van der Waals surface area (Å²) >= 11 is 0. The number of benzene rings is 2. The van der Waals surface area contributed by atoms with Crippen LogP contribution in [0.2, 0.25) is 0 Å². The molecule has 1 aliphatic carbocycles. The normalized spacial score (nSPS) is 19.7. The van der Waals surface area contributed by atoms with Gasteiger partial charge >= 0.3 is 6.03 Å². The Morgan fingerprint density at radius 1 is 1.06 bits per heavy atom. The second kappa shape index (κ2) is 7.86. The predicted molar refractivity (Wildman–Crippen MR) is 115 cm³/mol. The van der Waals surface area contributed by atoms with Crippen molar-refractivity contribution < 1.29 is 19.2 Å². The Balaban J connectivity index is 1.45. The van der Waals surface area contributed by atoms with Crippen LogP contribution in [0.4, 0.5) is 10.5 Å². The molecule has 0 aromatic heterocycles. The Morgan fingerprint density at radius 3 is 2.48 bits per heavy atom. The number of hydrogen-bond donors (Lipinski definition) is 3. The van der Waals surface area contributed by atoms with Crippen molar-refractivity contribution in [1.82, 2.24) is 15.5 Å². The van der Waals surface area contributed by atoms with Crippen LogP contribution in [0, 0.1) is 0 Å². The van der Waals surface area contributed by atoms with Gasteiger partial charge in [0.25, 0.3) is 11.8 Å². The average Bonchev–Trinajstić information content (AvgIpc) is 3.32. The predicted octanol–water partition coefficient (Wildman–Crippen LogP) is 1.94. The molecule has 31 heavy (non-hydrogen) atoms. The van der Waals surface area contributed by atoms with Crippen molar-refractivity contribution in [2.45, 2.75) is 31.7 Å². The van der Waals surface area contributed by atoms with Gasteiger partial charge in [-0.3, -0.25) is 19.3 Å². The highest BCUT2D eigenvalue weighted by Gasteiger charge is 2.49. The van der Waals surface area contributed by atoms with Gasteiger partial charge in [-0.2, -0.15) is 0 Å². The molecule has 8 nitrogen and oxygen atoms in total. The maximum Gasteiger partial charge on any atom is 0.325 e. The smallest absolute Gasteiger partial charge is 0.325 e. The van der Waals surface area contributed by atoms with Gasteiger partial charge in [0, 0.05) is 18.3 Å². The van der Waals surface area contributed by atoms with Gasteiger partial charge in [-0.1, -0.05) is 18.2 Å². The molecule has 3 N–H and O–H groups in total. The molecule has 1 unspecified atom stereocenters. The van der Waals surface area contributed by atoms with Gasteiger partial charge in [0.1, 0.15) is 12.1 Å². The zero-order chi connectivity index (χ0) is 22.2. The lowest BCUT2D eigenvalue weighted by molar-refractivity contribution is -0.133. The lowest BCUT2D eigenvalue weighted by atomic mass is 9.89. The molecule has 2 aromatic rings. The van der Waals surface area contributed by atoms with Crippen molar-refractivity contribution >= 4 is 29.4 Å². The van der Waals surface area contributed by atoms with E-state index in [1.807, 2.05) is 18.2 Å². The third kappa shape index (κ3) is 3.76. The zero-order valence-corrected chi connectivity index (χ0v) is 17.5. The number of fused-ring (bicyclic) bond motifs is 1. The van der Waals surface area contributed by atoms with E-state index in [4.69, 9.17) is 0 Å². The Hall–Kier alpha value is -3.68. The Bertz CT molecular complexity index is 1080. The Morgan fingerprint density at radius 2 is 1.77 bits per heavy atom. The van der Waals surface area contributed by atoms with Crippen LogP contribution >= 0.6 is 0 Å². The standard InChI is InChI=1S/C23H24N4O4/c1-23(17-9-6-14-4-3-5-16(14)12-17)21(30)27(22(31)26-23)13-19(28)25-18-10-7-15(8-11-18)20(29)24-2/h6-12H,3-5,13H2,1-2H3,(H,24,29)(H,25,28)(H,26,31). The van der Waals surface area contributed by atoms with Crippen LogP contribution in [-0.4, -0.2) is 42.2 Å². The first-order valence-corrected chi connectivity index (χ1v) is 10.2. The van der Waals surface area contributed by atoms with Gasteiger partial charge in [0.05, 0.1) is 0 Å². The second-order valence-electron chi connectivity index (χ2n) is 7.99.